The Kier molecular flexibility index (Phi) is 6.11. The Morgan fingerprint density at radius 2 is 1.90 bits per heavy atom. The molecule has 5 nitrogen and oxygen atoms in total. The highest BCUT2D eigenvalue weighted by Gasteiger charge is 2.28. The van der Waals surface area contributed by atoms with Crippen molar-refractivity contribution in [2.24, 2.45) is 0 Å². The molecule has 1 saturated heterocycles. The zero-order chi connectivity index (χ0) is 21.1. The van der Waals surface area contributed by atoms with E-state index < -0.39 is 0 Å². The van der Waals surface area contributed by atoms with Gasteiger partial charge in [0.25, 0.3) is 0 Å². The maximum absolute atomic E-state index is 14.7. The number of anilines is 1. The Balaban J connectivity index is 1.39. The zero-order valence-corrected chi connectivity index (χ0v) is 17.5. The van der Waals surface area contributed by atoms with Crippen molar-refractivity contribution in [2.45, 2.75) is 45.1 Å². The lowest BCUT2D eigenvalue weighted by Gasteiger charge is -2.21. The van der Waals surface area contributed by atoms with Gasteiger partial charge in [-0.1, -0.05) is 19.1 Å². The van der Waals surface area contributed by atoms with Crippen LogP contribution in [0.1, 0.15) is 44.6 Å². The SMILES string of the molecule is CC(=O)C[C@@H](C)c1ccc(OC2CCN(c3cc4c(cc3F)OCCCO4)C2)cc1. The van der Waals surface area contributed by atoms with Crippen molar-refractivity contribution in [3.05, 3.63) is 47.8 Å². The van der Waals surface area contributed by atoms with Crippen LogP contribution in [-0.4, -0.2) is 38.2 Å². The number of carbonyl (C=O) groups is 1. The molecule has 2 aromatic rings. The first kappa shape index (κ1) is 20.5. The maximum atomic E-state index is 14.7. The number of carbonyl (C=O) groups excluding carboxylic acids is 1. The lowest BCUT2D eigenvalue weighted by Crippen LogP contribution is -2.25. The molecule has 0 aliphatic carbocycles. The topological polar surface area (TPSA) is 48.0 Å². The summed E-state index contributed by atoms with van der Waals surface area (Å²) in [5, 5.41) is 0. The Bertz CT molecular complexity index is 899. The van der Waals surface area contributed by atoms with Crippen LogP contribution in [0, 0.1) is 5.82 Å². The van der Waals surface area contributed by atoms with Gasteiger partial charge in [-0.3, -0.25) is 0 Å². The van der Waals surface area contributed by atoms with Crippen LogP contribution in [0.4, 0.5) is 10.1 Å². The fourth-order valence-corrected chi connectivity index (χ4v) is 4.08. The number of hydrogen-bond donors (Lipinski definition) is 0. The summed E-state index contributed by atoms with van der Waals surface area (Å²) in [7, 11) is 0. The molecule has 2 heterocycles. The lowest BCUT2D eigenvalue weighted by molar-refractivity contribution is -0.117. The van der Waals surface area contributed by atoms with Crippen molar-refractivity contribution in [2.75, 3.05) is 31.2 Å². The number of nitrogens with zero attached hydrogens (tertiary/aromatic N) is 1. The van der Waals surface area contributed by atoms with Crippen LogP contribution in [0.3, 0.4) is 0 Å². The fourth-order valence-electron chi connectivity index (χ4n) is 4.08. The van der Waals surface area contributed by atoms with Gasteiger partial charge in [-0.2, -0.15) is 0 Å². The zero-order valence-electron chi connectivity index (χ0n) is 17.5. The number of ketones is 1. The molecule has 0 saturated carbocycles. The van der Waals surface area contributed by atoms with Crippen LogP contribution in [0.25, 0.3) is 0 Å². The van der Waals surface area contributed by atoms with E-state index in [1.165, 1.54) is 6.07 Å². The molecule has 1 fully saturated rings. The molecule has 4 rings (SSSR count). The van der Waals surface area contributed by atoms with E-state index in [2.05, 4.69) is 6.92 Å². The number of Topliss-reactive ketones (excluding diaryl/α,β-unsaturated/α-hetero) is 1. The van der Waals surface area contributed by atoms with Gasteiger partial charge >= 0.3 is 0 Å². The van der Waals surface area contributed by atoms with Crippen LogP contribution in [0.15, 0.2) is 36.4 Å². The fraction of sp³-hybridized carbons (Fsp3) is 0.458. The molecule has 2 aliphatic heterocycles. The second-order valence-electron chi connectivity index (χ2n) is 8.15. The van der Waals surface area contributed by atoms with E-state index in [0.717, 1.165) is 30.7 Å². The van der Waals surface area contributed by atoms with E-state index in [9.17, 15) is 9.18 Å². The number of hydrogen-bond acceptors (Lipinski definition) is 5. The average Bonchev–Trinajstić information content (AvgIpc) is 3.05. The standard InChI is InChI=1S/C24H28FNO4/c1-16(12-17(2)27)18-4-6-19(7-5-18)30-20-8-9-26(15-20)22-14-24-23(13-21(22)25)28-10-3-11-29-24/h4-7,13-14,16,20H,3,8-12,15H2,1-2H3/t16-,20?/m1/s1. The Morgan fingerprint density at radius 3 is 2.60 bits per heavy atom. The number of rotatable bonds is 6. The number of fused-ring (bicyclic) bond motifs is 1. The summed E-state index contributed by atoms with van der Waals surface area (Å²) in [6, 6.07) is 11.1. The lowest BCUT2D eigenvalue weighted by atomic mass is 9.96. The van der Waals surface area contributed by atoms with Gasteiger partial charge in [0.05, 0.1) is 25.4 Å². The maximum Gasteiger partial charge on any atom is 0.164 e. The summed E-state index contributed by atoms with van der Waals surface area (Å²) in [6.45, 7) is 6.11. The quantitative estimate of drug-likeness (QED) is 0.685. The second-order valence-corrected chi connectivity index (χ2v) is 8.15. The molecule has 6 heteroatoms. The second kappa shape index (κ2) is 8.94. The third-order valence-corrected chi connectivity index (χ3v) is 5.65. The van der Waals surface area contributed by atoms with Crippen LogP contribution >= 0.6 is 0 Å². The molecule has 30 heavy (non-hydrogen) atoms. The van der Waals surface area contributed by atoms with Crippen LogP contribution in [-0.2, 0) is 4.79 Å². The van der Waals surface area contributed by atoms with E-state index in [1.54, 1.807) is 13.0 Å². The van der Waals surface area contributed by atoms with Gasteiger partial charge in [-0.15, -0.1) is 0 Å². The molecule has 0 bridgehead atoms. The van der Waals surface area contributed by atoms with Crippen LogP contribution in [0.2, 0.25) is 0 Å². The first-order chi connectivity index (χ1) is 14.5. The van der Waals surface area contributed by atoms with Gasteiger partial charge in [0.2, 0.25) is 0 Å². The van der Waals surface area contributed by atoms with E-state index in [-0.39, 0.29) is 23.6 Å². The van der Waals surface area contributed by atoms with Crippen molar-refractivity contribution in [1.29, 1.82) is 0 Å². The minimum absolute atomic E-state index is 0.0131. The number of benzene rings is 2. The first-order valence-electron chi connectivity index (χ1n) is 10.6. The van der Waals surface area contributed by atoms with E-state index >= 15 is 0 Å². The average molecular weight is 413 g/mol. The van der Waals surface area contributed by atoms with E-state index in [0.29, 0.717) is 43.4 Å². The molecule has 2 aliphatic rings. The summed E-state index contributed by atoms with van der Waals surface area (Å²) in [5.41, 5.74) is 1.65. The van der Waals surface area contributed by atoms with Crippen molar-refractivity contribution in [3.8, 4) is 17.2 Å². The predicted octanol–water partition coefficient (Wildman–Crippen LogP) is 4.73. The molecule has 160 valence electrons. The molecule has 0 aromatic heterocycles. The van der Waals surface area contributed by atoms with Crippen molar-refractivity contribution in [3.63, 3.8) is 0 Å². The Morgan fingerprint density at radius 1 is 1.20 bits per heavy atom. The third kappa shape index (κ3) is 4.69. The summed E-state index contributed by atoms with van der Waals surface area (Å²) in [4.78, 5) is 13.3. The number of ether oxygens (including phenoxy) is 3. The van der Waals surface area contributed by atoms with Crippen molar-refractivity contribution < 1.29 is 23.4 Å². The number of halogens is 1. The summed E-state index contributed by atoms with van der Waals surface area (Å²) in [6.07, 6.45) is 2.13. The van der Waals surface area contributed by atoms with E-state index in [1.807, 2.05) is 29.2 Å². The highest BCUT2D eigenvalue weighted by Crippen LogP contribution is 2.37. The van der Waals surface area contributed by atoms with Gasteiger partial charge in [0, 0.05) is 37.9 Å². The Hall–Kier alpha value is -2.76. The monoisotopic (exact) mass is 413 g/mol. The van der Waals surface area contributed by atoms with Crippen molar-refractivity contribution in [1.82, 2.24) is 0 Å². The smallest absolute Gasteiger partial charge is 0.164 e. The van der Waals surface area contributed by atoms with Crippen molar-refractivity contribution >= 4 is 11.5 Å². The minimum atomic E-state index is -0.302. The van der Waals surface area contributed by atoms with Gasteiger partial charge in [-0.05, 0) is 30.5 Å². The normalized spacial score (nSPS) is 19.3. The predicted molar refractivity (Wildman–Crippen MR) is 113 cm³/mol. The first-order valence-corrected chi connectivity index (χ1v) is 10.6. The molecule has 0 N–H and O–H groups in total. The van der Waals surface area contributed by atoms with Gasteiger partial charge in [0.15, 0.2) is 11.5 Å². The highest BCUT2D eigenvalue weighted by molar-refractivity contribution is 5.76. The van der Waals surface area contributed by atoms with Crippen LogP contribution < -0.4 is 19.1 Å². The van der Waals surface area contributed by atoms with Gasteiger partial charge in [-0.25, -0.2) is 4.39 Å². The molecule has 0 spiro atoms. The van der Waals surface area contributed by atoms with Crippen LogP contribution in [0.5, 0.6) is 17.2 Å². The summed E-state index contributed by atoms with van der Waals surface area (Å²) < 4.78 is 32.1. The summed E-state index contributed by atoms with van der Waals surface area (Å²) >= 11 is 0. The van der Waals surface area contributed by atoms with Gasteiger partial charge < -0.3 is 23.9 Å². The molecule has 2 atom stereocenters. The minimum Gasteiger partial charge on any atom is -0.489 e. The Labute approximate surface area is 176 Å². The molecule has 2 aromatic carbocycles. The molecular formula is C24H28FNO4. The third-order valence-electron chi connectivity index (χ3n) is 5.65. The molecule has 0 amide bonds. The highest BCUT2D eigenvalue weighted by atomic mass is 19.1. The molecule has 0 radical (unpaired) electrons. The van der Waals surface area contributed by atoms with E-state index in [4.69, 9.17) is 14.2 Å². The summed E-state index contributed by atoms with van der Waals surface area (Å²) in [5.74, 6) is 1.95. The molecular weight excluding hydrogens is 385 g/mol. The van der Waals surface area contributed by atoms with Gasteiger partial charge in [0.1, 0.15) is 23.5 Å². The molecule has 1 unspecified atom stereocenters. The largest absolute Gasteiger partial charge is 0.489 e.